The second kappa shape index (κ2) is 8.16. The summed E-state index contributed by atoms with van der Waals surface area (Å²) in [6.07, 6.45) is 2.09. The molecule has 6 nitrogen and oxygen atoms in total. The van der Waals surface area contributed by atoms with E-state index in [1.807, 2.05) is 50.4 Å². The largest absolute Gasteiger partial charge is 0.492 e. The average Bonchev–Trinajstić information content (AvgIpc) is 2.95. The monoisotopic (exact) mass is 342 g/mol. The molecule has 1 aromatic carbocycles. The highest BCUT2D eigenvalue weighted by Crippen LogP contribution is 2.12. The molecule has 0 aliphatic carbocycles. The van der Waals surface area contributed by atoms with Crippen LogP contribution in [-0.2, 0) is 7.05 Å². The first-order valence-electron chi connectivity index (χ1n) is 8.83. The number of hydrogen-bond donors (Lipinski definition) is 1. The van der Waals surface area contributed by atoms with Crippen LogP contribution >= 0.6 is 0 Å². The molecule has 134 valence electrons. The SMILES string of the molecule is Cc1cc(C(=O)NC2CCCN(CCOc3ccccc3)C2)nn1C. The number of likely N-dealkylation sites (tertiary alicyclic amines) is 1. The second-order valence-electron chi connectivity index (χ2n) is 6.57. The molecule has 1 aliphatic heterocycles. The Morgan fingerprint density at radius 2 is 2.16 bits per heavy atom. The Hall–Kier alpha value is -2.34. The minimum absolute atomic E-state index is 0.0870. The number of amides is 1. The summed E-state index contributed by atoms with van der Waals surface area (Å²) < 4.78 is 7.49. The molecule has 1 atom stereocenters. The number of ether oxygens (including phenoxy) is 1. The van der Waals surface area contributed by atoms with Gasteiger partial charge in [-0.05, 0) is 44.5 Å². The van der Waals surface area contributed by atoms with E-state index in [0.717, 1.165) is 43.9 Å². The first-order valence-corrected chi connectivity index (χ1v) is 8.83. The number of rotatable bonds is 6. The fraction of sp³-hybridized carbons (Fsp3) is 0.474. The van der Waals surface area contributed by atoms with E-state index in [1.165, 1.54) is 0 Å². The summed E-state index contributed by atoms with van der Waals surface area (Å²) in [5.41, 5.74) is 1.47. The summed E-state index contributed by atoms with van der Waals surface area (Å²) in [7, 11) is 1.85. The van der Waals surface area contributed by atoms with Crippen molar-refractivity contribution in [3.63, 3.8) is 0 Å². The number of carbonyl (C=O) groups excluding carboxylic acids is 1. The van der Waals surface area contributed by atoms with E-state index in [-0.39, 0.29) is 11.9 Å². The zero-order valence-corrected chi connectivity index (χ0v) is 14.9. The predicted octanol–water partition coefficient (Wildman–Crippen LogP) is 2.00. The van der Waals surface area contributed by atoms with Crippen molar-refractivity contribution in [2.75, 3.05) is 26.2 Å². The van der Waals surface area contributed by atoms with Gasteiger partial charge in [-0.25, -0.2) is 0 Å². The molecule has 6 heteroatoms. The molecule has 1 amide bonds. The minimum Gasteiger partial charge on any atom is -0.492 e. The number of aromatic nitrogens is 2. The summed E-state index contributed by atoms with van der Waals surface area (Å²) >= 11 is 0. The zero-order chi connectivity index (χ0) is 17.6. The van der Waals surface area contributed by atoms with E-state index in [9.17, 15) is 4.79 Å². The van der Waals surface area contributed by atoms with Gasteiger partial charge in [-0.2, -0.15) is 5.10 Å². The summed E-state index contributed by atoms with van der Waals surface area (Å²) in [4.78, 5) is 14.7. The van der Waals surface area contributed by atoms with Crippen molar-refractivity contribution >= 4 is 5.91 Å². The average molecular weight is 342 g/mol. The Balaban J connectivity index is 1.45. The van der Waals surface area contributed by atoms with Crippen LogP contribution in [0.4, 0.5) is 0 Å². The van der Waals surface area contributed by atoms with Gasteiger partial charge in [-0.3, -0.25) is 14.4 Å². The van der Waals surface area contributed by atoms with Crippen LogP contribution in [0.3, 0.4) is 0 Å². The van der Waals surface area contributed by atoms with E-state index >= 15 is 0 Å². The number of carbonyl (C=O) groups is 1. The Kier molecular flexibility index (Phi) is 5.71. The Bertz CT molecular complexity index is 679. The van der Waals surface area contributed by atoms with Crippen molar-refractivity contribution in [1.29, 1.82) is 0 Å². The highest BCUT2D eigenvalue weighted by Gasteiger charge is 2.22. The molecular weight excluding hydrogens is 316 g/mol. The van der Waals surface area contributed by atoms with Gasteiger partial charge in [0.05, 0.1) is 0 Å². The minimum atomic E-state index is -0.0870. The molecular formula is C19H26N4O2. The Labute approximate surface area is 148 Å². The first kappa shape index (κ1) is 17.5. The zero-order valence-electron chi connectivity index (χ0n) is 14.9. The molecule has 0 radical (unpaired) electrons. The lowest BCUT2D eigenvalue weighted by Crippen LogP contribution is -2.48. The van der Waals surface area contributed by atoms with E-state index in [1.54, 1.807) is 4.68 Å². The van der Waals surface area contributed by atoms with Crippen LogP contribution in [0.25, 0.3) is 0 Å². The molecule has 2 heterocycles. The van der Waals surface area contributed by atoms with Crippen LogP contribution in [0.5, 0.6) is 5.75 Å². The third kappa shape index (κ3) is 4.82. The van der Waals surface area contributed by atoms with Crippen LogP contribution in [0.15, 0.2) is 36.4 Å². The molecule has 1 unspecified atom stereocenters. The molecule has 3 rings (SSSR count). The van der Waals surface area contributed by atoms with Crippen molar-refractivity contribution in [2.24, 2.45) is 7.05 Å². The molecule has 25 heavy (non-hydrogen) atoms. The third-order valence-corrected chi connectivity index (χ3v) is 4.61. The van der Waals surface area contributed by atoms with Gasteiger partial charge in [-0.1, -0.05) is 18.2 Å². The molecule has 2 aromatic rings. The topological polar surface area (TPSA) is 59.4 Å². The molecule has 0 bridgehead atoms. The van der Waals surface area contributed by atoms with Gasteiger partial charge < -0.3 is 10.1 Å². The lowest BCUT2D eigenvalue weighted by molar-refractivity contribution is 0.0890. The molecule has 1 saturated heterocycles. The van der Waals surface area contributed by atoms with Crippen LogP contribution in [0.2, 0.25) is 0 Å². The number of nitrogens with one attached hydrogen (secondary N) is 1. The lowest BCUT2D eigenvalue weighted by Gasteiger charge is -2.32. The van der Waals surface area contributed by atoms with Gasteiger partial charge in [0, 0.05) is 31.9 Å². The second-order valence-corrected chi connectivity index (χ2v) is 6.57. The van der Waals surface area contributed by atoms with Gasteiger partial charge in [0.1, 0.15) is 18.1 Å². The maximum Gasteiger partial charge on any atom is 0.272 e. The van der Waals surface area contributed by atoms with Crippen LogP contribution in [0.1, 0.15) is 29.0 Å². The van der Waals surface area contributed by atoms with Gasteiger partial charge in [0.2, 0.25) is 0 Å². The maximum atomic E-state index is 12.4. The predicted molar refractivity (Wildman–Crippen MR) is 96.8 cm³/mol. The first-order chi connectivity index (χ1) is 12.1. The number of piperidine rings is 1. The van der Waals surface area contributed by atoms with E-state index in [2.05, 4.69) is 15.3 Å². The number of aryl methyl sites for hydroxylation is 2. The smallest absolute Gasteiger partial charge is 0.272 e. The summed E-state index contributed by atoms with van der Waals surface area (Å²) in [6.45, 7) is 5.37. The number of hydrogen-bond acceptors (Lipinski definition) is 4. The Morgan fingerprint density at radius 3 is 2.88 bits per heavy atom. The Morgan fingerprint density at radius 1 is 1.36 bits per heavy atom. The summed E-state index contributed by atoms with van der Waals surface area (Å²) in [6, 6.07) is 11.8. The normalized spacial score (nSPS) is 18.1. The highest BCUT2D eigenvalue weighted by atomic mass is 16.5. The third-order valence-electron chi connectivity index (χ3n) is 4.61. The van der Waals surface area contributed by atoms with Gasteiger partial charge >= 0.3 is 0 Å². The maximum absolute atomic E-state index is 12.4. The molecule has 0 spiro atoms. The van der Waals surface area contributed by atoms with Crippen molar-refractivity contribution in [1.82, 2.24) is 20.0 Å². The number of benzene rings is 1. The quantitative estimate of drug-likeness (QED) is 0.872. The van der Waals surface area contributed by atoms with Gasteiger partial charge in [0.15, 0.2) is 0 Å². The van der Waals surface area contributed by atoms with Crippen molar-refractivity contribution in [3.8, 4) is 5.75 Å². The summed E-state index contributed by atoms with van der Waals surface area (Å²) in [5, 5.41) is 7.37. The van der Waals surface area contributed by atoms with Gasteiger partial charge in [-0.15, -0.1) is 0 Å². The fourth-order valence-corrected chi connectivity index (χ4v) is 3.12. The van der Waals surface area contributed by atoms with E-state index in [4.69, 9.17) is 4.74 Å². The lowest BCUT2D eigenvalue weighted by atomic mass is 10.1. The van der Waals surface area contributed by atoms with Crippen LogP contribution in [-0.4, -0.2) is 52.9 Å². The van der Waals surface area contributed by atoms with Crippen molar-refractivity contribution in [2.45, 2.75) is 25.8 Å². The molecule has 0 saturated carbocycles. The summed E-state index contributed by atoms with van der Waals surface area (Å²) in [5.74, 6) is 0.811. The van der Waals surface area contributed by atoms with E-state index < -0.39 is 0 Å². The number of para-hydroxylation sites is 1. The highest BCUT2D eigenvalue weighted by molar-refractivity contribution is 5.92. The molecule has 1 aromatic heterocycles. The van der Waals surface area contributed by atoms with E-state index in [0.29, 0.717) is 12.3 Å². The fourth-order valence-electron chi connectivity index (χ4n) is 3.12. The van der Waals surface area contributed by atoms with Crippen molar-refractivity contribution < 1.29 is 9.53 Å². The molecule has 1 aliphatic rings. The van der Waals surface area contributed by atoms with Crippen molar-refractivity contribution in [3.05, 3.63) is 47.8 Å². The van der Waals surface area contributed by atoms with Gasteiger partial charge in [0.25, 0.3) is 5.91 Å². The standard InChI is InChI=1S/C19H26N4O2/c1-15-13-18(21-22(15)2)19(24)20-16-7-6-10-23(14-16)11-12-25-17-8-4-3-5-9-17/h3-5,8-9,13,16H,6-7,10-12,14H2,1-2H3,(H,20,24). The molecule has 1 fully saturated rings. The molecule has 1 N–H and O–H groups in total. The van der Waals surface area contributed by atoms with Crippen LogP contribution in [0, 0.1) is 6.92 Å². The number of nitrogens with zero attached hydrogens (tertiary/aromatic N) is 3. The van der Waals surface area contributed by atoms with Crippen LogP contribution < -0.4 is 10.1 Å².